The third-order valence-electron chi connectivity index (χ3n) is 5.70. The van der Waals surface area contributed by atoms with E-state index >= 15 is 0 Å². The zero-order valence-electron chi connectivity index (χ0n) is 20.1. The van der Waals surface area contributed by atoms with E-state index in [4.69, 9.17) is 18.9 Å². The standard InChI is InChI=1S/C27H24N2O8/c1-3-10-19-15-29(27(33)28-23(19)30)24-22(34-2)21(37-26(32)18-13-8-5-9-14-18)20(36-24)16-35-25(31)17-11-6-4-7-12-17/h4-9,11-15,20-22,24H,16H2,1-2H3,(H,28,30,33)/t20-,21-,22-,24-/m1/s1. The maximum absolute atomic E-state index is 12.9. The molecule has 0 unspecified atom stereocenters. The summed E-state index contributed by atoms with van der Waals surface area (Å²) in [7, 11) is 1.37. The number of H-pyrrole nitrogens is 1. The Kier molecular flexibility index (Phi) is 7.98. The highest BCUT2D eigenvalue weighted by Crippen LogP contribution is 2.33. The Hall–Kier alpha value is -4.46. The normalized spacial score (nSPS) is 20.5. The van der Waals surface area contributed by atoms with Crippen molar-refractivity contribution in [3.63, 3.8) is 0 Å². The summed E-state index contributed by atoms with van der Waals surface area (Å²) in [6.07, 6.45) is -2.91. The van der Waals surface area contributed by atoms with Crippen molar-refractivity contribution in [2.24, 2.45) is 0 Å². The highest BCUT2D eigenvalue weighted by atomic mass is 16.6. The minimum Gasteiger partial charge on any atom is -0.459 e. The highest BCUT2D eigenvalue weighted by molar-refractivity contribution is 5.90. The van der Waals surface area contributed by atoms with Crippen LogP contribution in [0.4, 0.5) is 0 Å². The molecule has 0 saturated carbocycles. The number of aromatic nitrogens is 2. The number of hydrogen-bond acceptors (Lipinski definition) is 8. The number of esters is 2. The van der Waals surface area contributed by atoms with Crippen LogP contribution in [0.3, 0.4) is 0 Å². The van der Waals surface area contributed by atoms with Crippen LogP contribution >= 0.6 is 0 Å². The van der Waals surface area contributed by atoms with Crippen molar-refractivity contribution < 1.29 is 28.5 Å². The van der Waals surface area contributed by atoms with Gasteiger partial charge in [-0.05, 0) is 31.2 Å². The molecular weight excluding hydrogens is 480 g/mol. The molecule has 2 aromatic carbocycles. The number of methoxy groups -OCH3 is 1. The lowest BCUT2D eigenvalue weighted by Gasteiger charge is -2.23. The topological polar surface area (TPSA) is 126 Å². The van der Waals surface area contributed by atoms with Crippen LogP contribution in [0.1, 0.15) is 39.4 Å². The summed E-state index contributed by atoms with van der Waals surface area (Å²) in [6.45, 7) is 1.26. The molecule has 0 amide bonds. The van der Waals surface area contributed by atoms with E-state index in [9.17, 15) is 19.2 Å². The fraction of sp³-hybridized carbons (Fsp3) is 0.259. The number of aromatic amines is 1. The molecule has 10 heteroatoms. The summed E-state index contributed by atoms with van der Waals surface area (Å²) in [5.74, 6) is 3.99. The monoisotopic (exact) mass is 504 g/mol. The number of carbonyl (C=O) groups excluding carboxylic acids is 2. The molecule has 1 N–H and O–H groups in total. The highest BCUT2D eigenvalue weighted by Gasteiger charge is 2.49. The molecule has 4 atom stereocenters. The number of nitrogens with one attached hydrogen (secondary N) is 1. The smallest absolute Gasteiger partial charge is 0.338 e. The Morgan fingerprint density at radius 2 is 1.59 bits per heavy atom. The van der Waals surface area contributed by atoms with Crippen LogP contribution in [0.2, 0.25) is 0 Å². The summed E-state index contributed by atoms with van der Waals surface area (Å²) in [5.41, 5.74) is -0.755. The van der Waals surface area contributed by atoms with Crippen LogP contribution in [0.5, 0.6) is 0 Å². The van der Waals surface area contributed by atoms with Crippen LogP contribution in [-0.2, 0) is 18.9 Å². The molecule has 1 fully saturated rings. The second-order valence-corrected chi connectivity index (χ2v) is 8.05. The molecule has 2 heterocycles. The molecule has 0 bridgehead atoms. The van der Waals surface area contributed by atoms with Gasteiger partial charge in [-0.2, -0.15) is 0 Å². The van der Waals surface area contributed by atoms with E-state index in [2.05, 4.69) is 16.8 Å². The lowest BCUT2D eigenvalue weighted by molar-refractivity contribution is -0.0657. The summed E-state index contributed by atoms with van der Waals surface area (Å²) in [5, 5.41) is 0. The number of hydrogen-bond donors (Lipinski definition) is 1. The molecule has 1 aliphatic rings. The van der Waals surface area contributed by atoms with Gasteiger partial charge in [-0.1, -0.05) is 42.3 Å². The zero-order chi connectivity index (χ0) is 26.4. The van der Waals surface area contributed by atoms with Crippen molar-refractivity contribution in [2.75, 3.05) is 13.7 Å². The van der Waals surface area contributed by atoms with E-state index in [0.717, 1.165) is 4.57 Å². The first-order valence-corrected chi connectivity index (χ1v) is 11.4. The largest absolute Gasteiger partial charge is 0.459 e. The van der Waals surface area contributed by atoms with Crippen LogP contribution in [0.25, 0.3) is 0 Å². The molecule has 10 nitrogen and oxygen atoms in total. The molecule has 190 valence electrons. The number of carbonyl (C=O) groups is 2. The van der Waals surface area contributed by atoms with E-state index in [1.54, 1.807) is 67.6 Å². The molecule has 0 radical (unpaired) electrons. The Labute approximate surface area is 211 Å². The number of rotatable bonds is 7. The van der Waals surface area contributed by atoms with Gasteiger partial charge in [0.15, 0.2) is 12.3 Å². The summed E-state index contributed by atoms with van der Waals surface area (Å²) < 4.78 is 24.0. The molecule has 1 aromatic heterocycles. The number of nitrogens with zero attached hydrogens (tertiary/aromatic N) is 1. The van der Waals surface area contributed by atoms with Crippen LogP contribution in [-0.4, -0.2) is 53.5 Å². The van der Waals surface area contributed by atoms with Crippen molar-refractivity contribution in [3.05, 3.63) is 104 Å². The fourth-order valence-electron chi connectivity index (χ4n) is 3.94. The third-order valence-corrected chi connectivity index (χ3v) is 5.70. The average molecular weight is 504 g/mol. The Morgan fingerprint density at radius 3 is 2.19 bits per heavy atom. The molecule has 37 heavy (non-hydrogen) atoms. The van der Waals surface area contributed by atoms with Gasteiger partial charge >= 0.3 is 17.6 Å². The van der Waals surface area contributed by atoms with Crippen molar-refractivity contribution >= 4 is 11.9 Å². The lowest BCUT2D eigenvalue weighted by Crippen LogP contribution is -2.41. The Bertz CT molecular complexity index is 1440. The molecule has 0 aliphatic carbocycles. The maximum atomic E-state index is 12.9. The first-order valence-electron chi connectivity index (χ1n) is 11.4. The first kappa shape index (κ1) is 25.6. The van der Waals surface area contributed by atoms with E-state index in [1.165, 1.54) is 13.3 Å². The fourth-order valence-corrected chi connectivity index (χ4v) is 3.94. The molecule has 1 saturated heterocycles. The van der Waals surface area contributed by atoms with Crippen molar-refractivity contribution in [1.29, 1.82) is 0 Å². The second-order valence-electron chi connectivity index (χ2n) is 8.05. The van der Waals surface area contributed by atoms with Crippen molar-refractivity contribution in [1.82, 2.24) is 9.55 Å². The van der Waals surface area contributed by atoms with Crippen molar-refractivity contribution in [2.45, 2.75) is 31.5 Å². The predicted molar refractivity (Wildman–Crippen MR) is 131 cm³/mol. The Morgan fingerprint density at radius 1 is 0.973 bits per heavy atom. The van der Waals surface area contributed by atoms with Crippen molar-refractivity contribution in [3.8, 4) is 11.8 Å². The van der Waals surface area contributed by atoms with E-state index in [1.807, 2.05) is 0 Å². The summed E-state index contributed by atoms with van der Waals surface area (Å²) >= 11 is 0. The van der Waals surface area contributed by atoms with Gasteiger partial charge < -0.3 is 18.9 Å². The molecule has 0 spiro atoms. The van der Waals surface area contributed by atoms with E-state index in [-0.39, 0.29) is 12.2 Å². The van der Waals surface area contributed by atoms with Gasteiger partial charge in [0.1, 0.15) is 24.4 Å². The van der Waals surface area contributed by atoms with E-state index in [0.29, 0.717) is 11.1 Å². The minimum atomic E-state index is -1.12. The van der Waals surface area contributed by atoms with Gasteiger partial charge in [0.05, 0.1) is 11.1 Å². The zero-order valence-corrected chi connectivity index (χ0v) is 20.1. The van der Waals surface area contributed by atoms with Gasteiger partial charge in [0, 0.05) is 13.3 Å². The van der Waals surface area contributed by atoms with Crippen LogP contribution in [0.15, 0.2) is 76.4 Å². The summed E-state index contributed by atoms with van der Waals surface area (Å²) in [6, 6.07) is 16.7. The molecule has 4 rings (SSSR count). The quantitative estimate of drug-likeness (QED) is 0.382. The SMILES string of the molecule is CC#Cc1cn([C@@H]2O[C@H](COC(=O)c3ccccc3)[C@@H](OC(=O)c3ccccc3)[C@H]2OC)c(=O)[nH]c1=O. The first-order chi connectivity index (χ1) is 17.9. The second kappa shape index (κ2) is 11.5. The molecule has 3 aromatic rings. The van der Waals surface area contributed by atoms with Gasteiger partial charge in [-0.15, -0.1) is 5.92 Å². The van der Waals surface area contributed by atoms with Gasteiger partial charge in [-0.25, -0.2) is 14.4 Å². The molecule has 1 aliphatic heterocycles. The predicted octanol–water partition coefficient (Wildman–Crippen LogP) is 1.90. The van der Waals surface area contributed by atoms with Crippen LogP contribution < -0.4 is 11.2 Å². The number of benzene rings is 2. The van der Waals surface area contributed by atoms with E-state index < -0.39 is 47.7 Å². The third kappa shape index (κ3) is 5.69. The average Bonchev–Trinajstić information content (AvgIpc) is 3.26. The van der Waals surface area contributed by atoms with Gasteiger partial charge in [0.2, 0.25) is 0 Å². The maximum Gasteiger partial charge on any atom is 0.338 e. The number of ether oxygens (including phenoxy) is 4. The lowest BCUT2D eigenvalue weighted by atomic mass is 10.1. The van der Waals surface area contributed by atoms with Crippen LogP contribution in [0, 0.1) is 11.8 Å². The van der Waals surface area contributed by atoms with Gasteiger partial charge in [-0.3, -0.25) is 14.3 Å². The van der Waals surface area contributed by atoms with Gasteiger partial charge in [0.25, 0.3) is 5.56 Å². The summed E-state index contributed by atoms with van der Waals surface area (Å²) in [4.78, 5) is 52.4. The molecular formula is C27H24N2O8. The minimum absolute atomic E-state index is 0.0392. The Balaban J connectivity index is 1.65.